The summed E-state index contributed by atoms with van der Waals surface area (Å²) in [5.74, 6) is 0.776. The lowest BCUT2D eigenvalue weighted by molar-refractivity contribution is -0.129. The van der Waals surface area contributed by atoms with Gasteiger partial charge in [-0.1, -0.05) is 12.1 Å². The first-order valence-electron chi connectivity index (χ1n) is 6.64. The van der Waals surface area contributed by atoms with Crippen molar-refractivity contribution in [2.24, 2.45) is 0 Å². The van der Waals surface area contributed by atoms with E-state index in [0.29, 0.717) is 24.7 Å². The summed E-state index contributed by atoms with van der Waals surface area (Å²) in [5.41, 5.74) is 0. The Balaban J connectivity index is 1.77. The van der Waals surface area contributed by atoms with Crippen LogP contribution in [0, 0.1) is 0 Å². The van der Waals surface area contributed by atoms with Gasteiger partial charge in [-0.15, -0.1) is 0 Å². The zero-order chi connectivity index (χ0) is 13.4. The van der Waals surface area contributed by atoms with Crippen LogP contribution in [0.25, 0.3) is 0 Å². The third-order valence-corrected chi connectivity index (χ3v) is 3.64. The fourth-order valence-electron chi connectivity index (χ4n) is 2.63. The van der Waals surface area contributed by atoms with Crippen LogP contribution in [0.2, 0.25) is 0 Å². The minimum absolute atomic E-state index is 0.105. The molecule has 7 nitrogen and oxygen atoms in total. The third-order valence-electron chi connectivity index (χ3n) is 3.64. The molecule has 2 aliphatic rings. The lowest BCUT2D eigenvalue weighted by atomic mass is 10.0. The van der Waals surface area contributed by atoms with Crippen molar-refractivity contribution in [3.63, 3.8) is 0 Å². The molecule has 0 N–H and O–H groups in total. The summed E-state index contributed by atoms with van der Waals surface area (Å²) in [6, 6.07) is -0.503. The van der Waals surface area contributed by atoms with Crippen molar-refractivity contribution in [1.29, 1.82) is 0 Å². The Morgan fingerprint density at radius 3 is 2.89 bits per heavy atom. The molecule has 0 spiro atoms. The van der Waals surface area contributed by atoms with Gasteiger partial charge in [-0.25, -0.2) is 4.79 Å². The number of amides is 3. The maximum Gasteiger partial charge on any atom is 0.327 e. The summed E-state index contributed by atoms with van der Waals surface area (Å²) in [7, 11) is 0. The van der Waals surface area contributed by atoms with Crippen LogP contribution in [0.5, 0.6) is 0 Å². The summed E-state index contributed by atoms with van der Waals surface area (Å²) in [6.45, 7) is 2.68. The average molecular weight is 264 g/mol. The molecule has 19 heavy (non-hydrogen) atoms. The number of piperidine rings is 1. The molecule has 102 valence electrons. The van der Waals surface area contributed by atoms with E-state index in [0.717, 1.165) is 19.3 Å². The number of rotatable bonds is 3. The van der Waals surface area contributed by atoms with Gasteiger partial charge in [0, 0.05) is 13.0 Å². The highest BCUT2D eigenvalue weighted by Gasteiger charge is 2.46. The predicted octanol–water partition coefficient (Wildman–Crippen LogP) is 0.949. The van der Waals surface area contributed by atoms with E-state index >= 15 is 0 Å². The zero-order valence-electron chi connectivity index (χ0n) is 10.8. The van der Waals surface area contributed by atoms with E-state index in [2.05, 4.69) is 10.1 Å². The summed E-state index contributed by atoms with van der Waals surface area (Å²) in [5, 5.41) is 3.79. The number of carbonyl (C=O) groups excluding carboxylic acids is 2. The summed E-state index contributed by atoms with van der Waals surface area (Å²) in [4.78, 5) is 31.4. The lowest BCUT2D eigenvalue weighted by Gasteiger charge is -2.25. The molecule has 7 heteroatoms. The highest BCUT2D eigenvalue weighted by Crippen LogP contribution is 2.27. The van der Waals surface area contributed by atoms with Crippen LogP contribution in [0.3, 0.4) is 0 Å². The molecule has 0 saturated carbocycles. The van der Waals surface area contributed by atoms with Gasteiger partial charge in [0.25, 0.3) is 5.91 Å². The number of fused-ring (bicyclic) bond motifs is 1. The first-order valence-corrected chi connectivity index (χ1v) is 6.64. The molecule has 0 radical (unpaired) electrons. The maximum absolute atomic E-state index is 12.2. The molecule has 3 heterocycles. The van der Waals surface area contributed by atoms with E-state index in [1.165, 1.54) is 4.90 Å². The van der Waals surface area contributed by atoms with E-state index in [1.807, 2.05) is 6.92 Å². The smallest absolute Gasteiger partial charge is 0.327 e. The number of aromatic nitrogens is 2. The first-order chi connectivity index (χ1) is 9.20. The van der Waals surface area contributed by atoms with Gasteiger partial charge < -0.3 is 9.42 Å². The second kappa shape index (κ2) is 4.64. The number of urea groups is 1. The highest BCUT2D eigenvalue weighted by molar-refractivity contribution is 6.04. The quantitative estimate of drug-likeness (QED) is 0.759. The van der Waals surface area contributed by atoms with E-state index in [4.69, 9.17) is 4.52 Å². The van der Waals surface area contributed by atoms with Gasteiger partial charge in [0.1, 0.15) is 6.04 Å². The van der Waals surface area contributed by atoms with E-state index in [9.17, 15) is 9.59 Å². The van der Waals surface area contributed by atoms with Crippen molar-refractivity contribution in [1.82, 2.24) is 19.9 Å². The number of hydrogen-bond donors (Lipinski definition) is 0. The number of carbonyl (C=O) groups is 2. The van der Waals surface area contributed by atoms with Crippen molar-refractivity contribution in [3.05, 3.63) is 11.7 Å². The number of imide groups is 1. The van der Waals surface area contributed by atoms with Gasteiger partial charge in [-0.05, 0) is 19.3 Å². The van der Waals surface area contributed by atoms with E-state index in [1.54, 1.807) is 4.90 Å². The Bertz CT molecular complexity index is 489. The Morgan fingerprint density at radius 1 is 1.37 bits per heavy atom. The van der Waals surface area contributed by atoms with Gasteiger partial charge in [0.2, 0.25) is 5.89 Å². The molecule has 1 atom stereocenters. The van der Waals surface area contributed by atoms with Gasteiger partial charge in [0.05, 0.1) is 6.54 Å². The molecule has 2 aliphatic heterocycles. The average Bonchev–Trinajstić information content (AvgIpc) is 2.99. The van der Waals surface area contributed by atoms with E-state index in [-0.39, 0.29) is 24.5 Å². The predicted molar refractivity (Wildman–Crippen MR) is 64.0 cm³/mol. The first kappa shape index (κ1) is 12.1. The molecule has 2 saturated heterocycles. The largest absolute Gasteiger partial charge is 0.339 e. The Labute approximate surface area is 110 Å². The molecule has 0 bridgehead atoms. The summed E-state index contributed by atoms with van der Waals surface area (Å²) >= 11 is 0. The molecule has 1 aromatic rings. The molecular formula is C12H16N4O3. The standard InChI is InChI=1S/C12H16N4O3/c1-2-10-13-9(14-19-10)7-16-11(17)8-5-3-4-6-15(8)12(16)18/h8H,2-7H2,1H3/t8-/m1/s1. The Kier molecular flexibility index (Phi) is 2.96. The van der Waals surface area contributed by atoms with Crippen LogP contribution >= 0.6 is 0 Å². The molecule has 3 amide bonds. The van der Waals surface area contributed by atoms with Gasteiger partial charge in [0.15, 0.2) is 5.82 Å². The molecule has 0 aliphatic carbocycles. The van der Waals surface area contributed by atoms with Gasteiger partial charge in [-0.2, -0.15) is 4.98 Å². The second-order valence-corrected chi connectivity index (χ2v) is 4.87. The highest BCUT2D eigenvalue weighted by atomic mass is 16.5. The fraction of sp³-hybridized carbons (Fsp3) is 0.667. The van der Waals surface area contributed by atoms with E-state index < -0.39 is 0 Å². The Morgan fingerprint density at radius 2 is 2.21 bits per heavy atom. The van der Waals surface area contributed by atoms with Crippen LogP contribution in [0.1, 0.15) is 37.9 Å². The zero-order valence-corrected chi connectivity index (χ0v) is 10.8. The minimum Gasteiger partial charge on any atom is -0.339 e. The normalized spacial score (nSPS) is 23.1. The molecule has 0 aromatic carbocycles. The lowest BCUT2D eigenvalue weighted by Crippen LogP contribution is -2.38. The fourth-order valence-corrected chi connectivity index (χ4v) is 2.63. The number of hydrogen-bond acceptors (Lipinski definition) is 5. The van der Waals surface area contributed by atoms with Crippen molar-refractivity contribution >= 4 is 11.9 Å². The van der Waals surface area contributed by atoms with Crippen molar-refractivity contribution in [3.8, 4) is 0 Å². The Hall–Kier alpha value is -1.92. The van der Waals surface area contributed by atoms with Crippen LogP contribution in [0.4, 0.5) is 4.79 Å². The molecule has 3 rings (SSSR count). The van der Waals surface area contributed by atoms with Crippen molar-refractivity contribution < 1.29 is 14.1 Å². The van der Waals surface area contributed by atoms with Gasteiger partial charge >= 0.3 is 6.03 Å². The van der Waals surface area contributed by atoms with Crippen LogP contribution in [-0.4, -0.2) is 44.5 Å². The second-order valence-electron chi connectivity index (χ2n) is 4.87. The van der Waals surface area contributed by atoms with Crippen molar-refractivity contribution in [2.75, 3.05) is 6.54 Å². The third kappa shape index (κ3) is 1.98. The summed E-state index contributed by atoms with van der Waals surface area (Å²) in [6.07, 6.45) is 3.36. The van der Waals surface area contributed by atoms with Crippen LogP contribution in [-0.2, 0) is 17.8 Å². The molecule has 1 aromatic heterocycles. The van der Waals surface area contributed by atoms with Crippen molar-refractivity contribution in [2.45, 2.75) is 45.2 Å². The number of aryl methyl sites for hydroxylation is 1. The summed E-state index contributed by atoms with van der Waals surface area (Å²) < 4.78 is 4.99. The SMILES string of the molecule is CCc1nc(CN2C(=O)[C@H]3CCCCN3C2=O)no1. The minimum atomic E-state index is -0.279. The van der Waals surface area contributed by atoms with Crippen LogP contribution < -0.4 is 0 Å². The maximum atomic E-state index is 12.2. The molecule has 2 fully saturated rings. The molecule has 0 unspecified atom stereocenters. The molecular weight excluding hydrogens is 248 g/mol. The topological polar surface area (TPSA) is 79.5 Å². The van der Waals surface area contributed by atoms with Gasteiger partial charge in [-0.3, -0.25) is 9.69 Å². The number of nitrogens with zero attached hydrogens (tertiary/aromatic N) is 4. The van der Waals surface area contributed by atoms with Crippen LogP contribution in [0.15, 0.2) is 4.52 Å². The monoisotopic (exact) mass is 264 g/mol.